The Kier molecular flexibility index (Phi) is 3.30. The molecule has 0 radical (unpaired) electrons. The van der Waals surface area contributed by atoms with E-state index in [0.717, 1.165) is 36.5 Å². The highest BCUT2D eigenvalue weighted by Gasteiger charge is 2.30. The molecule has 0 fully saturated rings. The number of aromatic nitrogens is 2. The normalized spacial score (nSPS) is 17.6. The average molecular weight is 270 g/mol. The van der Waals surface area contributed by atoms with Gasteiger partial charge in [-0.25, -0.2) is 4.98 Å². The molecular weight excluding hydrogens is 252 g/mol. The number of rotatable bonds is 2. The molecule has 1 aliphatic rings. The maximum atomic E-state index is 11.9. The highest BCUT2D eigenvalue weighted by molar-refractivity contribution is 5.77. The maximum Gasteiger partial charge on any atom is 0.316 e. The number of ether oxygens (including phenoxy) is 1. The molecule has 0 N–H and O–H groups in total. The van der Waals surface area contributed by atoms with Crippen molar-refractivity contribution >= 4 is 5.97 Å². The van der Waals surface area contributed by atoms with Gasteiger partial charge in [0.15, 0.2) is 0 Å². The number of imidazole rings is 1. The fourth-order valence-electron chi connectivity index (χ4n) is 2.84. The molecule has 1 aliphatic heterocycles. The quantitative estimate of drug-likeness (QED) is 0.788. The van der Waals surface area contributed by atoms with E-state index in [2.05, 4.69) is 23.6 Å². The second-order valence-corrected chi connectivity index (χ2v) is 5.21. The van der Waals surface area contributed by atoms with Crippen molar-refractivity contribution in [2.24, 2.45) is 0 Å². The number of hydrogen-bond acceptors (Lipinski definition) is 3. The minimum absolute atomic E-state index is 0.187. The maximum absolute atomic E-state index is 11.9. The molecule has 3 rings (SSSR count). The summed E-state index contributed by atoms with van der Waals surface area (Å²) in [7, 11) is 1.44. The Bertz CT molecular complexity index is 646. The second-order valence-electron chi connectivity index (χ2n) is 5.21. The van der Waals surface area contributed by atoms with Gasteiger partial charge < -0.3 is 9.30 Å². The van der Waals surface area contributed by atoms with Crippen molar-refractivity contribution in [2.75, 3.05) is 7.11 Å². The number of aryl methyl sites for hydroxylation is 2. The molecule has 0 spiro atoms. The molecule has 2 heterocycles. The summed E-state index contributed by atoms with van der Waals surface area (Å²) in [4.78, 5) is 16.6. The van der Waals surface area contributed by atoms with Crippen LogP contribution in [0.5, 0.6) is 0 Å². The fraction of sp³-hybridized carbons (Fsp3) is 0.375. The number of benzene rings is 1. The smallest absolute Gasteiger partial charge is 0.316 e. The van der Waals surface area contributed by atoms with Gasteiger partial charge in [0.2, 0.25) is 0 Å². The van der Waals surface area contributed by atoms with E-state index in [9.17, 15) is 4.79 Å². The molecule has 1 aromatic heterocycles. The summed E-state index contributed by atoms with van der Waals surface area (Å²) in [6.45, 7) is 2.99. The van der Waals surface area contributed by atoms with Gasteiger partial charge in [0, 0.05) is 18.3 Å². The summed E-state index contributed by atoms with van der Waals surface area (Å²) in [5, 5.41) is 0. The Morgan fingerprint density at radius 2 is 2.20 bits per heavy atom. The van der Waals surface area contributed by atoms with Gasteiger partial charge in [0.25, 0.3) is 0 Å². The van der Waals surface area contributed by atoms with Crippen molar-refractivity contribution in [3.63, 3.8) is 0 Å². The first kappa shape index (κ1) is 12.9. The number of hydrogen-bond donors (Lipinski definition) is 0. The van der Waals surface area contributed by atoms with Crippen LogP contribution in [-0.4, -0.2) is 22.6 Å². The zero-order chi connectivity index (χ0) is 14.1. The standard InChI is InChI=1S/C16H18N2O2/c1-11-6-3-4-7-12(11)14-10-18-9-5-8-13(15(18)17-14)16(19)20-2/h3-4,6-7,10,13H,5,8-9H2,1-2H3. The van der Waals surface area contributed by atoms with Gasteiger partial charge in [-0.3, -0.25) is 4.79 Å². The fourth-order valence-corrected chi connectivity index (χ4v) is 2.84. The Hall–Kier alpha value is -2.10. The van der Waals surface area contributed by atoms with E-state index < -0.39 is 0 Å². The minimum Gasteiger partial charge on any atom is -0.468 e. The van der Waals surface area contributed by atoms with Crippen LogP contribution in [0, 0.1) is 6.92 Å². The predicted octanol–water partition coefficient (Wildman–Crippen LogP) is 2.91. The number of carbonyl (C=O) groups excluding carboxylic acids is 1. The van der Waals surface area contributed by atoms with Crippen molar-refractivity contribution in [3.8, 4) is 11.3 Å². The van der Waals surface area contributed by atoms with Gasteiger partial charge in [-0.1, -0.05) is 24.3 Å². The predicted molar refractivity (Wildman–Crippen MR) is 76.4 cm³/mol. The van der Waals surface area contributed by atoms with Crippen LogP contribution in [0.2, 0.25) is 0 Å². The van der Waals surface area contributed by atoms with E-state index in [1.807, 2.05) is 18.3 Å². The molecule has 0 aliphatic carbocycles. The zero-order valence-electron chi connectivity index (χ0n) is 11.8. The first-order valence-electron chi connectivity index (χ1n) is 6.91. The molecule has 104 valence electrons. The molecule has 1 unspecified atom stereocenters. The minimum atomic E-state index is -0.230. The van der Waals surface area contributed by atoms with Gasteiger partial charge in [-0.2, -0.15) is 0 Å². The van der Waals surface area contributed by atoms with Crippen LogP contribution in [0.25, 0.3) is 11.3 Å². The third kappa shape index (κ3) is 2.11. The zero-order valence-corrected chi connectivity index (χ0v) is 11.8. The Morgan fingerprint density at radius 3 is 2.95 bits per heavy atom. The summed E-state index contributed by atoms with van der Waals surface area (Å²) in [6.07, 6.45) is 3.85. The van der Waals surface area contributed by atoms with Crippen molar-refractivity contribution in [1.29, 1.82) is 0 Å². The third-order valence-electron chi connectivity index (χ3n) is 3.92. The summed E-state index contributed by atoms with van der Waals surface area (Å²) in [5.74, 6) is 0.417. The number of methoxy groups -OCH3 is 1. The number of esters is 1. The molecule has 0 bridgehead atoms. The van der Waals surface area contributed by atoms with Crippen LogP contribution in [0.15, 0.2) is 30.5 Å². The number of fused-ring (bicyclic) bond motifs is 1. The van der Waals surface area contributed by atoms with Gasteiger partial charge in [-0.15, -0.1) is 0 Å². The Labute approximate surface area is 118 Å². The van der Waals surface area contributed by atoms with Crippen LogP contribution in [-0.2, 0) is 16.1 Å². The molecule has 0 saturated carbocycles. The molecular formula is C16H18N2O2. The summed E-state index contributed by atoms with van der Waals surface area (Å²) in [5.41, 5.74) is 3.25. The van der Waals surface area contributed by atoms with Gasteiger partial charge in [0.05, 0.1) is 12.8 Å². The largest absolute Gasteiger partial charge is 0.468 e. The highest BCUT2D eigenvalue weighted by atomic mass is 16.5. The van der Waals surface area contributed by atoms with E-state index in [-0.39, 0.29) is 11.9 Å². The van der Waals surface area contributed by atoms with E-state index in [1.54, 1.807) is 0 Å². The van der Waals surface area contributed by atoms with Gasteiger partial charge in [0.1, 0.15) is 11.7 Å². The van der Waals surface area contributed by atoms with E-state index in [0.29, 0.717) is 0 Å². The van der Waals surface area contributed by atoms with Crippen molar-refractivity contribution in [2.45, 2.75) is 32.2 Å². The highest BCUT2D eigenvalue weighted by Crippen LogP contribution is 2.31. The lowest BCUT2D eigenvalue weighted by Crippen LogP contribution is -2.23. The SMILES string of the molecule is COC(=O)C1CCCn2cc(-c3ccccc3C)nc21. The molecule has 1 aromatic carbocycles. The van der Waals surface area contributed by atoms with Crippen LogP contribution in [0.4, 0.5) is 0 Å². The van der Waals surface area contributed by atoms with Gasteiger partial charge in [-0.05, 0) is 25.3 Å². The van der Waals surface area contributed by atoms with Crippen molar-refractivity contribution in [1.82, 2.24) is 9.55 Å². The molecule has 0 saturated heterocycles. The first-order valence-corrected chi connectivity index (χ1v) is 6.91. The van der Waals surface area contributed by atoms with E-state index in [1.165, 1.54) is 12.7 Å². The molecule has 0 amide bonds. The van der Waals surface area contributed by atoms with Crippen LogP contribution in [0.1, 0.15) is 30.1 Å². The van der Waals surface area contributed by atoms with Crippen LogP contribution < -0.4 is 0 Å². The van der Waals surface area contributed by atoms with Crippen molar-refractivity contribution in [3.05, 3.63) is 41.9 Å². The summed E-state index contributed by atoms with van der Waals surface area (Å²) in [6, 6.07) is 8.17. The third-order valence-corrected chi connectivity index (χ3v) is 3.92. The monoisotopic (exact) mass is 270 g/mol. The average Bonchev–Trinajstić information content (AvgIpc) is 2.90. The molecule has 1 atom stereocenters. The molecule has 4 heteroatoms. The lowest BCUT2D eigenvalue weighted by atomic mass is 9.99. The first-order chi connectivity index (χ1) is 9.70. The lowest BCUT2D eigenvalue weighted by molar-refractivity contribution is -0.143. The number of carbonyl (C=O) groups is 1. The second kappa shape index (κ2) is 5.12. The van der Waals surface area contributed by atoms with Gasteiger partial charge >= 0.3 is 5.97 Å². The van der Waals surface area contributed by atoms with E-state index in [4.69, 9.17) is 9.72 Å². The Balaban J connectivity index is 2.04. The molecule has 20 heavy (non-hydrogen) atoms. The molecule has 4 nitrogen and oxygen atoms in total. The number of nitrogens with zero attached hydrogens (tertiary/aromatic N) is 2. The van der Waals surface area contributed by atoms with E-state index >= 15 is 0 Å². The summed E-state index contributed by atoms with van der Waals surface area (Å²) < 4.78 is 6.98. The molecule has 2 aromatic rings. The lowest BCUT2D eigenvalue weighted by Gasteiger charge is -2.20. The van der Waals surface area contributed by atoms with Crippen LogP contribution >= 0.6 is 0 Å². The Morgan fingerprint density at radius 1 is 1.40 bits per heavy atom. The van der Waals surface area contributed by atoms with Crippen LogP contribution in [0.3, 0.4) is 0 Å². The summed E-state index contributed by atoms with van der Waals surface area (Å²) >= 11 is 0. The topological polar surface area (TPSA) is 44.1 Å². The van der Waals surface area contributed by atoms with Crippen molar-refractivity contribution < 1.29 is 9.53 Å².